The average molecular weight is 531 g/mol. The Morgan fingerprint density at radius 1 is 0.900 bits per heavy atom. The molecule has 0 unspecified atom stereocenters. The molecule has 1 heterocycles. The fraction of sp³-hybridized carbons (Fsp3) is 0.111. The van der Waals surface area contributed by atoms with Crippen molar-refractivity contribution >= 4 is 11.3 Å². The number of likely N-dealkylation sites (N-methyl/N-ethyl adjacent to an activating group) is 1. The van der Waals surface area contributed by atoms with Gasteiger partial charge in [0.2, 0.25) is 0 Å². The fourth-order valence-electron chi connectivity index (χ4n) is 4.48. The van der Waals surface area contributed by atoms with E-state index in [2.05, 4.69) is 65.8 Å². The number of anilines is 1. The molecule has 4 rings (SSSR count). The Hall–Kier alpha value is -4.83. The highest BCUT2D eigenvalue weighted by Gasteiger charge is 2.18. The minimum atomic E-state index is -0.0804. The Kier molecular flexibility index (Phi) is 9.73. The van der Waals surface area contributed by atoms with Crippen LogP contribution in [0.25, 0.3) is 5.57 Å². The standard InChI is InChI=1S/C36H35FN2O/c1-5-12-35(39(4)33-23-19-31(37)20-24-33)36(29-14-7-6-8-15-29)30-17-21-32(22-18-30)38-34-16-11-26-40-25-10-9-13-27(2)28(34)3/h5-19,21-23,25-26,38H,2-3,20,24H2,1,4H3/b12-5-,13-9-,25-10-,26-11-,34-16+,36-35+. The second-order valence-electron chi connectivity index (χ2n) is 9.40. The molecule has 0 atom stereocenters. The molecular weight excluding hydrogens is 495 g/mol. The molecular formula is C36H35FN2O. The SMILES string of the molecule is C=C1/C=C\C=C/O/C=C\C=C(\Nc2ccc(/C(=C(\C=C/C)N(C)C3=CC=C(F)CC3)c3ccccc3)cc2)C1=C. The summed E-state index contributed by atoms with van der Waals surface area (Å²) in [5.41, 5.74) is 8.69. The summed E-state index contributed by atoms with van der Waals surface area (Å²) in [6.07, 6.45) is 21.2. The molecule has 1 aliphatic heterocycles. The summed E-state index contributed by atoms with van der Waals surface area (Å²) in [7, 11) is 2.05. The predicted octanol–water partition coefficient (Wildman–Crippen LogP) is 9.51. The van der Waals surface area contributed by atoms with Crippen molar-refractivity contribution < 1.29 is 9.13 Å². The summed E-state index contributed by atoms with van der Waals surface area (Å²) >= 11 is 0. The smallest absolute Gasteiger partial charge is 0.100 e. The topological polar surface area (TPSA) is 24.5 Å². The molecule has 3 nitrogen and oxygen atoms in total. The monoisotopic (exact) mass is 530 g/mol. The Balaban J connectivity index is 1.72. The van der Waals surface area contributed by atoms with Crippen molar-refractivity contribution in [3.05, 3.63) is 180 Å². The molecule has 2 aromatic rings. The number of halogens is 1. The summed E-state index contributed by atoms with van der Waals surface area (Å²) in [5.74, 6) is -0.0804. The zero-order valence-corrected chi connectivity index (χ0v) is 23.1. The van der Waals surface area contributed by atoms with Gasteiger partial charge in [0.15, 0.2) is 0 Å². The number of allylic oxidation sites excluding steroid dienone is 12. The van der Waals surface area contributed by atoms with Gasteiger partial charge < -0.3 is 15.0 Å². The van der Waals surface area contributed by atoms with Crippen molar-refractivity contribution in [2.45, 2.75) is 19.8 Å². The van der Waals surface area contributed by atoms with E-state index in [9.17, 15) is 4.39 Å². The zero-order valence-electron chi connectivity index (χ0n) is 23.1. The van der Waals surface area contributed by atoms with E-state index in [1.807, 2.05) is 68.6 Å². The normalized spacial score (nSPS) is 20.1. The van der Waals surface area contributed by atoms with Crippen LogP contribution in [0.2, 0.25) is 0 Å². The van der Waals surface area contributed by atoms with Crippen molar-refractivity contribution in [3.63, 3.8) is 0 Å². The van der Waals surface area contributed by atoms with E-state index in [1.54, 1.807) is 24.7 Å². The second-order valence-corrected chi connectivity index (χ2v) is 9.40. The van der Waals surface area contributed by atoms with Crippen LogP contribution >= 0.6 is 0 Å². The number of nitrogens with one attached hydrogen (secondary N) is 1. The molecule has 0 amide bonds. The summed E-state index contributed by atoms with van der Waals surface area (Å²) in [5, 5.41) is 3.48. The third-order valence-electron chi connectivity index (χ3n) is 6.66. The lowest BCUT2D eigenvalue weighted by Crippen LogP contribution is -2.19. The van der Waals surface area contributed by atoms with Gasteiger partial charge in [-0.1, -0.05) is 73.9 Å². The maximum Gasteiger partial charge on any atom is 0.100 e. The first-order chi connectivity index (χ1) is 19.5. The van der Waals surface area contributed by atoms with Gasteiger partial charge in [-0.3, -0.25) is 0 Å². The minimum absolute atomic E-state index is 0.0804. The Morgan fingerprint density at radius 2 is 1.62 bits per heavy atom. The quantitative estimate of drug-likeness (QED) is 0.361. The molecule has 2 aromatic carbocycles. The van der Waals surface area contributed by atoms with Crippen LogP contribution < -0.4 is 5.32 Å². The van der Waals surface area contributed by atoms with Crippen molar-refractivity contribution in [1.82, 2.24) is 4.90 Å². The van der Waals surface area contributed by atoms with Gasteiger partial charge >= 0.3 is 0 Å². The van der Waals surface area contributed by atoms with Crippen molar-refractivity contribution in [2.24, 2.45) is 0 Å². The number of rotatable bonds is 7. The van der Waals surface area contributed by atoms with Crippen molar-refractivity contribution in [3.8, 4) is 0 Å². The molecule has 202 valence electrons. The summed E-state index contributed by atoms with van der Waals surface area (Å²) < 4.78 is 19.1. The first-order valence-electron chi connectivity index (χ1n) is 13.3. The Labute approximate surface area is 237 Å². The maximum atomic E-state index is 13.7. The van der Waals surface area contributed by atoms with E-state index in [1.165, 1.54) is 0 Å². The molecule has 0 bridgehead atoms. The van der Waals surface area contributed by atoms with E-state index in [0.717, 1.165) is 50.6 Å². The van der Waals surface area contributed by atoms with Gasteiger partial charge in [0.25, 0.3) is 0 Å². The molecule has 0 fully saturated rings. The van der Waals surface area contributed by atoms with Crippen LogP contribution in [0.1, 0.15) is 30.9 Å². The first-order valence-corrected chi connectivity index (χ1v) is 13.3. The maximum absolute atomic E-state index is 13.7. The van der Waals surface area contributed by atoms with Gasteiger partial charge in [0, 0.05) is 41.8 Å². The number of ether oxygens (including phenoxy) is 1. The molecule has 0 saturated heterocycles. The number of hydrogen-bond acceptors (Lipinski definition) is 3. The van der Waals surface area contributed by atoms with E-state index >= 15 is 0 Å². The molecule has 2 aliphatic rings. The fourth-order valence-corrected chi connectivity index (χ4v) is 4.48. The molecule has 4 heteroatoms. The lowest BCUT2D eigenvalue weighted by molar-refractivity contribution is 0.403. The lowest BCUT2D eigenvalue weighted by atomic mass is 9.94. The molecule has 1 N–H and O–H groups in total. The number of benzene rings is 2. The van der Waals surface area contributed by atoms with E-state index in [4.69, 9.17) is 4.74 Å². The highest BCUT2D eigenvalue weighted by molar-refractivity contribution is 5.84. The van der Waals surface area contributed by atoms with Crippen LogP contribution in [0.15, 0.2) is 169 Å². The third-order valence-corrected chi connectivity index (χ3v) is 6.66. The molecule has 1 aliphatic carbocycles. The Morgan fingerprint density at radius 3 is 2.33 bits per heavy atom. The Bertz CT molecular complexity index is 1480. The number of hydrogen-bond donors (Lipinski definition) is 1. The van der Waals surface area contributed by atoms with Crippen LogP contribution in [-0.4, -0.2) is 11.9 Å². The van der Waals surface area contributed by atoms with Gasteiger partial charge in [-0.15, -0.1) is 0 Å². The van der Waals surface area contributed by atoms with Gasteiger partial charge in [0.05, 0.1) is 12.5 Å². The highest BCUT2D eigenvalue weighted by Crippen LogP contribution is 2.34. The van der Waals surface area contributed by atoms with Gasteiger partial charge in [-0.2, -0.15) is 0 Å². The van der Waals surface area contributed by atoms with Crippen LogP contribution in [0.3, 0.4) is 0 Å². The van der Waals surface area contributed by atoms with E-state index < -0.39 is 0 Å². The predicted molar refractivity (Wildman–Crippen MR) is 166 cm³/mol. The second kappa shape index (κ2) is 13.8. The van der Waals surface area contributed by atoms with Crippen LogP contribution in [-0.2, 0) is 4.74 Å². The highest BCUT2D eigenvalue weighted by atomic mass is 19.1. The lowest BCUT2D eigenvalue weighted by Gasteiger charge is -2.28. The molecule has 0 radical (unpaired) electrons. The van der Waals surface area contributed by atoms with Gasteiger partial charge in [-0.05, 0) is 84.2 Å². The molecule has 0 saturated carbocycles. The van der Waals surface area contributed by atoms with Gasteiger partial charge in [0.1, 0.15) is 5.83 Å². The van der Waals surface area contributed by atoms with Crippen LogP contribution in [0, 0.1) is 0 Å². The molecule has 0 spiro atoms. The van der Waals surface area contributed by atoms with E-state index in [-0.39, 0.29) is 5.83 Å². The average Bonchev–Trinajstić information content (AvgIpc) is 3.01. The van der Waals surface area contributed by atoms with Crippen LogP contribution in [0.4, 0.5) is 10.1 Å². The summed E-state index contributed by atoms with van der Waals surface area (Å²) in [6, 6.07) is 18.7. The third kappa shape index (κ3) is 7.17. The first kappa shape index (κ1) is 28.2. The van der Waals surface area contributed by atoms with Crippen molar-refractivity contribution in [2.75, 3.05) is 12.4 Å². The van der Waals surface area contributed by atoms with Gasteiger partial charge in [-0.25, -0.2) is 4.39 Å². The largest absolute Gasteiger partial charge is 0.473 e. The van der Waals surface area contributed by atoms with E-state index in [0.29, 0.717) is 12.8 Å². The molecule has 0 aromatic heterocycles. The summed E-state index contributed by atoms with van der Waals surface area (Å²) in [6.45, 7) is 10.4. The zero-order chi connectivity index (χ0) is 28.3. The minimum Gasteiger partial charge on any atom is -0.473 e. The molecule has 40 heavy (non-hydrogen) atoms. The van der Waals surface area contributed by atoms with Crippen molar-refractivity contribution in [1.29, 1.82) is 0 Å². The summed E-state index contributed by atoms with van der Waals surface area (Å²) in [4.78, 5) is 2.16. The van der Waals surface area contributed by atoms with Crippen LogP contribution in [0.5, 0.6) is 0 Å². The number of nitrogens with zero attached hydrogens (tertiary/aromatic N) is 1.